The second kappa shape index (κ2) is 6.75. The average Bonchev–Trinajstić information content (AvgIpc) is 3.30. The SMILES string of the molecule is O=C(CNC(=O)c1n[nH]c2ccccc12)NCc1ccc2c(c1)OCO2. The van der Waals surface area contributed by atoms with Gasteiger partial charge in [0.1, 0.15) is 0 Å². The molecule has 1 aliphatic heterocycles. The van der Waals surface area contributed by atoms with Crippen LogP contribution in [0.4, 0.5) is 0 Å². The summed E-state index contributed by atoms with van der Waals surface area (Å²) in [6.07, 6.45) is 0. The predicted molar refractivity (Wildman–Crippen MR) is 92.8 cm³/mol. The molecule has 0 radical (unpaired) electrons. The first kappa shape index (κ1) is 15.9. The Morgan fingerprint density at radius 2 is 1.92 bits per heavy atom. The third-order valence-corrected chi connectivity index (χ3v) is 4.02. The number of benzene rings is 2. The first-order valence-corrected chi connectivity index (χ1v) is 8.07. The summed E-state index contributed by atoms with van der Waals surface area (Å²) >= 11 is 0. The van der Waals surface area contributed by atoms with Gasteiger partial charge < -0.3 is 20.1 Å². The monoisotopic (exact) mass is 352 g/mol. The van der Waals surface area contributed by atoms with Crippen molar-refractivity contribution in [1.29, 1.82) is 0 Å². The second-order valence-electron chi connectivity index (χ2n) is 5.76. The Morgan fingerprint density at radius 3 is 2.85 bits per heavy atom. The summed E-state index contributed by atoms with van der Waals surface area (Å²) in [7, 11) is 0. The second-order valence-corrected chi connectivity index (χ2v) is 5.76. The van der Waals surface area contributed by atoms with Crippen molar-refractivity contribution in [2.24, 2.45) is 0 Å². The fraction of sp³-hybridized carbons (Fsp3) is 0.167. The first-order chi connectivity index (χ1) is 12.7. The number of amides is 2. The van der Waals surface area contributed by atoms with Crippen molar-refractivity contribution < 1.29 is 19.1 Å². The van der Waals surface area contributed by atoms with E-state index in [4.69, 9.17) is 9.47 Å². The lowest BCUT2D eigenvalue weighted by molar-refractivity contribution is -0.120. The molecule has 3 aromatic rings. The van der Waals surface area contributed by atoms with Crippen molar-refractivity contribution in [3.05, 3.63) is 53.7 Å². The van der Waals surface area contributed by atoms with Crippen molar-refractivity contribution in [3.63, 3.8) is 0 Å². The van der Waals surface area contributed by atoms with E-state index in [1.54, 1.807) is 12.1 Å². The van der Waals surface area contributed by atoms with Gasteiger partial charge in [-0.25, -0.2) is 0 Å². The highest BCUT2D eigenvalue weighted by Crippen LogP contribution is 2.32. The van der Waals surface area contributed by atoms with Crippen LogP contribution in [0.5, 0.6) is 11.5 Å². The zero-order valence-electron chi connectivity index (χ0n) is 13.7. The highest BCUT2D eigenvalue weighted by Gasteiger charge is 2.15. The van der Waals surface area contributed by atoms with Gasteiger partial charge in [0.05, 0.1) is 12.1 Å². The van der Waals surface area contributed by atoms with E-state index in [9.17, 15) is 9.59 Å². The molecule has 8 heteroatoms. The lowest BCUT2D eigenvalue weighted by Gasteiger charge is -2.07. The number of nitrogens with zero attached hydrogens (tertiary/aromatic N) is 1. The number of fused-ring (bicyclic) bond motifs is 2. The number of para-hydroxylation sites is 1. The average molecular weight is 352 g/mol. The highest BCUT2D eigenvalue weighted by molar-refractivity contribution is 6.05. The molecule has 132 valence electrons. The van der Waals surface area contributed by atoms with Gasteiger partial charge in [-0.2, -0.15) is 5.10 Å². The van der Waals surface area contributed by atoms with Gasteiger partial charge in [-0.15, -0.1) is 0 Å². The fourth-order valence-corrected chi connectivity index (χ4v) is 2.69. The number of nitrogens with one attached hydrogen (secondary N) is 3. The molecule has 26 heavy (non-hydrogen) atoms. The van der Waals surface area contributed by atoms with Crippen molar-refractivity contribution in [2.45, 2.75) is 6.54 Å². The molecule has 4 rings (SSSR count). The Hall–Kier alpha value is -3.55. The Bertz CT molecular complexity index is 982. The molecule has 0 aliphatic carbocycles. The Labute approximate surface area is 148 Å². The summed E-state index contributed by atoms with van der Waals surface area (Å²) in [5, 5.41) is 12.8. The topological polar surface area (TPSA) is 105 Å². The summed E-state index contributed by atoms with van der Waals surface area (Å²) in [5.41, 5.74) is 1.92. The summed E-state index contributed by atoms with van der Waals surface area (Å²) in [6.45, 7) is 0.403. The van der Waals surface area contributed by atoms with Crippen LogP contribution in [-0.4, -0.2) is 35.3 Å². The summed E-state index contributed by atoms with van der Waals surface area (Å²) in [5.74, 6) is 0.658. The van der Waals surface area contributed by atoms with E-state index < -0.39 is 5.91 Å². The number of hydrogen-bond acceptors (Lipinski definition) is 5. The number of aromatic amines is 1. The van der Waals surface area contributed by atoms with Gasteiger partial charge in [-0.1, -0.05) is 24.3 Å². The van der Waals surface area contributed by atoms with Crippen LogP contribution in [0, 0.1) is 0 Å². The van der Waals surface area contributed by atoms with E-state index in [-0.39, 0.29) is 24.9 Å². The lowest BCUT2D eigenvalue weighted by Crippen LogP contribution is -2.36. The third-order valence-electron chi connectivity index (χ3n) is 4.02. The van der Waals surface area contributed by atoms with Crippen molar-refractivity contribution in [3.8, 4) is 11.5 Å². The van der Waals surface area contributed by atoms with Crippen LogP contribution in [-0.2, 0) is 11.3 Å². The summed E-state index contributed by atoms with van der Waals surface area (Å²) in [6, 6.07) is 12.8. The molecular formula is C18H16N4O4. The molecule has 1 aromatic heterocycles. The molecular weight excluding hydrogens is 336 g/mol. The van der Waals surface area contributed by atoms with E-state index >= 15 is 0 Å². The van der Waals surface area contributed by atoms with E-state index in [1.165, 1.54) is 0 Å². The Morgan fingerprint density at radius 1 is 1.08 bits per heavy atom. The molecule has 0 atom stereocenters. The van der Waals surface area contributed by atoms with Gasteiger partial charge in [-0.3, -0.25) is 14.7 Å². The molecule has 0 bridgehead atoms. The molecule has 3 N–H and O–H groups in total. The van der Waals surface area contributed by atoms with Gasteiger partial charge in [0.2, 0.25) is 12.7 Å². The number of carbonyl (C=O) groups is 2. The quantitative estimate of drug-likeness (QED) is 0.643. The number of carbonyl (C=O) groups excluding carboxylic acids is 2. The van der Waals surface area contributed by atoms with Crippen LogP contribution in [0.2, 0.25) is 0 Å². The Balaban J connectivity index is 1.30. The minimum atomic E-state index is -0.402. The van der Waals surface area contributed by atoms with Crippen LogP contribution in [0.1, 0.15) is 16.1 Å². The van der Waals surface area contributed by atoms with E-state index in [0.29, 0.717) is 23.4 Å². The minimum Gasteiger partial charge on any atom is -0.454 e. The van der Waals surface area contributed by atoms with Gasteiger partial charge in [0.25, 0.3) is 5.91 Å². The normalized spacial score (nSPS) is 12.2. The fourth-order valence-electron chi connectivity index (χ4n) is 2.69. The number of ether oxygens (including phenoxy) is 2. The highest BCUT2D eigenvalue weighted by atomic mass is 16.7. The third kappa shape index (κ3) is 3.16. The molecule has 0 saturated heterocycles. The molecule has 2 aromatic carbocycles. The van der Waals surface area contributed by atoms with Crippen LogP contribution >= 0.6 is 0 Å². The molecule has 0 unspecified atom stereocenters. The molecule has 0 fully saturated rings. The van der Waals surface area contributed by atoms with Crippen LogP contribution in [0.15, 0.2) is 42.5 Å². The Kier molecular flexibility index (Phi) is 4.14. The molecule has 0 saturated carbocycles. The maximum Gasteiger partial charge on any atom is 0.272 e. The lowest BCUT2D eigenvalue weighted by atomic mass is 10.2. The zero-order valence-corrected chi connectivity index (χ0v) is 13.7. The van der Waals surface area contributed by atoms with Crippen LogP contribution in [0.3, 0.4) is 0 Å². The molecule has 0 spiro atoms. The number of rotatable bonds is 5. The predicted octanol–water partition coefficient (Wildman–Crippen LogP) is 1.34. The maximum absolute atomic E-state index is 12.2. The van der Waals surface area contributed by atoms with Gasteiger partial charge >= 0.3 is 0 Å². The van der Waals surface area contributed by atoms with Crippen molar-refractivity contribution in [2.75, 3.05) is 13.3 Å². The summed E-state index contributed by atoms with van der Waals surface area (Å²) < 4.78 is 10.5. The van der Waals surface area contributed by atoms with Gasteiger partial charge in [0.15, 0.2) is 17.2 Å². The van der Waals surface area contributed by atoms with Crippen molar-refractivity contribution in [1.82, 2.24) is 20.8 Å². The molecule has 2 heterocycles. The number of hydrogen-bond donors (Lipinski definition) is 3. The molecule has 1 aliphatic rings. The first-order valence-electron chi connectivity index (χ1n) is 8.07. The van der Waals surface area contributed by atoms with Crippen LogP contribution in [0.25, 0.3) is 10.9 Å². The summed E-state index contributed by atoms with van der Waals surface area (Å²) in [4.78, 5) is 24.2. The van der Waals surface area contributed by atoms with E-state index in [0.717, 1.165) is 11.1 Å². The molecule has 8 nitrogen and oxygen atoms in total. The van der Waals surface area contributed by atoms with Crippen LogP contribution < -0.4 is 20.1 Å². The smallest absolute Gasteiger partial charge is 0.272 e. The standard InChI is InChI=1S/C18H16N4O4/c23-16(19-8-11-5-6-14-15(7-11)26-10-25-14)9-20-18(24)17-12-3-1-2-4-13(12)21-22-17/h1-7H,8-10H2,(H,19,23)(H,20,24)(H,21,22). The number of H-pyrrole nitrogens is 1. The van der Waals surface area contributed by atoms with E-state index in [2.05, 4.69) is 20.8 Å². The minimum absolute atomic E-state index is 0.134. The van der Waals surface area contributed by atoms with Gasteiger partial charge in [0, 0.05) is 11.9 Å². The number of aromatic nitrogens is 2. The molecule has 2 amide bonds. The van der Waals surface area contributed by atoms with Gasteiger partial charge in [-0.05, 0) is 23.8 Å². The zero-order chi connectivity index (χ0) is 17.9. The largest absolute Gasteiger partial charge is 0.454 e. The maximum atomic E-state index is 12.2. The van der Waals surface area contributed by atoms with E-state index in [1.807, 2.05) is 30.3 Å². The van der Waals surface area contributed by atoms with Crippen molar-refractivity contribution >= 4 is 22.7 Å².